The van der Waals surface area contributed by atoms with Gasteiger partial charge in [-0.25, -0.2) is 9.78 Å². The molecule has 9 nitrogen and oxygen atoms in total. The number of benzene rings is 2. The molecule has 34 heavy (non-hydrogen) atoms. The van der Waals surface area contributed by atoms with Crippen molar-refractivity contribution >= 4 is 28.1 Å². The summed E-state index contributed by atoms with van der Waals surface area (Å²) in [4.78, 5) is 12.6. The monoisotopic (exact) mass is 458 g/mol. The van der Waals surface area contributed by atoms with Crippen LogP contribution in [0.1, 0.15) is 37.8 Å². The number of nitrogen functional groups attached to an aromatic ring is 1. The van der Waals surface area contributed by atoms with Crippen molar-refractivity contribution in [3.8, 4) is 5.69 Å². The zero-order chi connectivity index (χ0) is 24.1. The van der Waals surface area contributed by atoms with Gasteiger partial charge in [0.05, 0.1) is 28.7 Å². The van der Waals surface area contributed by atoms with Gasteiger partial charge in [-0.1, -0.05) is 38.1 Å². The second-order valence-electron chi connectivity index (χ2n) is 7.92. The van der Waals surface area contributed by atoms with E-state index in [2.05, 4.69) is 25.9 Å². The predicted molar refractivity (Wildman–Crippen MR) is 137 cm³/mol. The lowest BCUT2D eigenvalue weighted by molar-refractivity contribution is 0.479. The smallest absolute Gasteiger partial charge is 0.288 e. The van der Waals surface area contributed by atoms with Crippen molar-refractivity contribution in [1.82, 2.24) is 25.3 Å². The summed E-state index contributed by atoms with van der Waals surface area (Å²) in [7, 11) is 0. The number of fused-ring (bicyclic) bond motifs is 1. The lowest BCUT2D eigenvalue weighted by Gasteiger charge is -2.25. The summed E-state index contributed by atoms with van der Waals surface area (Å²) < 4.78 is 1.86. The van der Waals surface area contributed by atoms with Crippen LogP contribution < -0.4 is 21.9 Å². The largest absolute Gasteiger partial charge is 0.382 e. The number of hydrogen-bond donors (Lipinski definition) is 5. The van der Waals surface area contributed by atoms with Gasteiger partial charge in [0, 0.05) is 23.5 Å². The molecule has 2 aromatic carbocycles. The molecule has 176 valence electrons. The van der Waals surface area contributed by atoms with E-state index in [0.29, 0.717) is 11.1 Å². The van der Waals surface area contributed by atoms with Crippen LogP contribution in [0.15, 0.2) is 59.5 Å². The van der Waals surface area contributed by atoms with Gasteiger partial charge in [-0.2, -0.15) is 10.2 Å². The van der Waals surface area contributed by atoms with Gasteiger partial charge in [-0.05, 0) is 43.7 Å². The van der Waals surface area contributed by atoms with E-state index < -0.39 is 0 Å². The van der Waals surface area contributed by atoms with E-state index in [9.17, 15) is 4.79 Å². The lowest BCUT2D eigenvalue weighted by Crippen LogP contribution is -2.40. The van der Waals surface area contributed by atoms with Gasteiger partial charge in [-0.3, -0.25) is 10.2 Å². The maximum atomic E-state index is 12.6. The predicted octanol–water partition coefficient (Wildman–Crippen LogP) is 3.30. The van der Waals surface area contributed by atoms with Crippen LogP contribution in [0.4, 0.5) is 11.5 Å². The lowest BCUT2D eigenvalue weighted by atomic mass is 9.99. The van der Waals surface area contributed by atoms with Gasteiger partial charge in [0.2, 0.25) is 0 Å². The van der Waals surface area contributed by atoms with Crippen molar-refractivity contribution in [1.29, 1.82) is 5.41 Å². The summed E-state index contributed by atoms with van der Waals surface area (Å²) >= 11 is 0. The molecule has 4 aromatic rings. The molecule has 0 aliphatic carbocycles. The molecular weight excluding hydrogens is 428 g/mol. The molecule has 1 fully saturated rings. The minimum absolute atomic E-state index is 0.0878. The standard InChI is InChI=1S/C23H24N8O.C2H6/c24-20(19-21(23(32)30-29-22(19)25)28-16-5-4-10-26-13-16)14-8-9-18-15(11-14)12-27-31(18)17-6-2-1-3-7-17;1-2/h1-3,6-9,11-12,16,24,26H,4-5,10,13H2,(H,30,32)(H3,25,28,29);1-2H3. The number of aromatic nitrogens is 4. The number of H-pyrrole nitrogens is 1. The number of nitrogens with two attached hydrogens (primary N) is 1. The van der Waals surface area contributed by atoms with Gasteiger partial charge in [0.1, 0.15) is 5.69 Å². The van der Waals surface area contributed by atoms with Crippen molar-refractivity contribution < 1.29 is 0 Å². The van der Waals surface area contributed by atoms with Gasteiger partial charge >= 0.3 is 0 Å². The average Bonchev–Trinajstić information content (AvgIpc) is 3.32. The van der Waals surface area contributed by atoms with Crippen LogP contribution in [0.25, 0.3) is 16.6 Å². The number of para-hydroxylation sites is 1. The summed E-state index contributed by atoms with van der Waals surface area (Å²) in [6.45, 7) is 5.71. The number of nitrogens with zero attached hydrogens (tertiary/aromatic N) is 3. The maximum absolute atomic E-state index is 12.6. The zero-order valence-electron chi connectivity index (χ0n) is 19.4. The maximum Gasteiger partial charge on any atom is 0.288 e. The molecule has 1 aliphatic heterocycles. The van der Waals surface area contributed by atoms with Gasteiger partial charge < -0.3 is 16.4 Å². The van der Waals surface area contributed by atoms with Crippen molar-refractivity contribution in [3.63, 3.8) is 0 Å². The Morgan fingerprint density at radius 3 is 2.74 bits per heavy atom. The summed E-state index contributed by atoms with van der Waals surface area (Å²) in [5.41, 5.74) is 9.01. The summed E-state index contributed by atoms with van der Waals surface area (Å²) in [5.74, 6) is 0.112. The van der Waals surface area contributed by atoms with Crippen molar-refractivity contribution in [2.24, 2.45) is 0 Å². The van der Waals surface area contributed by atoms with E-state index in [1.807, 2.05) is 67.1 Å². The Morgan fingerprint density at radius 1 is 1.21 bits per heavy atom. The number of anilines is 2. The average molecular weight is 459 g/mol. The highest BCUT2D eigenvalue weighted by Gasteiger charge is 2.22. The molecule has 1 unspecified atom stereocenters. The van der Waals surface area contributed by atoms with Crippen LogP contribution in [-0.4, -0.2) is 44.8 Å². The number of aromatic amines is 1. The Labute approximate surface area is 197 Å². The molecule has 2 aromatic heterocycles. The molecule has 1 atom stereocenters. The van der Waals surface area contributed by atoms with Gasteiger partial charge in [-0.15, -0.1) is 0 Å². The van der Waals surface area contributed by atoms with Crippen molar-refractivity contribution in [2.45, 2.75) is 32.7 Å². The molecule has 0 saturated carbocycles. The second-order valence-corrected chi connectivity index (χ2v) is 7.92. The van der Waals surface area contributed by atoms with E-state index in [1.165, 1.54) is 0 Å². The first-order valence-electron chi connectivity index (χ1n) is 11.6. The SMILES string of the molecule is CC.N=C(c1ccc2c(cnn2-c2ccccc2)c1)c1c(N)n[nH]c(=O)c1NC1CCCNC1. The first-order valence-corrected chi connectivity index (χ1v) is 11.6. The normalized spacial score (nSPS) is 15.4. The second kappa shape index (κ2) is 10.3. The molecule has 9 heteroatoms. The fraction of sp³-hybridized carbons (Fsp3) is 0.280. The molecule has 1 aliphatic rings. The topological polar surface area (TPSA) is 138 Å². The number of nitrogens with one attached hydrogen (secondary N) is 4. The zero-order valence-corrected chi connectivity index (χ0v) is 19.4. The number of piperidine rings is 1. The number of hydrogen-bond acceptors (Lipinski definition) is 7. The number of rotatable bonds is 5. The minimum atomic E-state index is -0.387. The van der Waals surface area contributed by atoms with Crippen LogP contribution in [0.2, 0.25) is 0 Å². The Hall–Kier alpha value is -3.98. The highest BCUT2D eigenvalue weighted by Crippen LogP contribution is 2.25. The molecule has 5 rings (SSSR count). The highest BCUT2D eigenvalue weighted by molar-refractivity contribution is 6.17. The Balaban J connectivity index is 0.00000133. The van der Waals surface area contributed by atoms with Crippen LogP contribution in [-0.2, 0) is 0 Å². The third kappa shape index (κ3) is 4.55. The van der Waals surface area contributed by atoms with Gasteiger partial charge in [0.25, 0.3) is 5.56 Å². The Bertz CT molecular complexity index is 1340. The third-order valence-corrected chi connectivity index (χ3v) is 5.76. The van der Waals surface area contributed by atoms with E-state index in [4.69, 9.17) is 11.1 Å². The van der Waals surface area contributed by atoms with E-state index >= 15 is 0 Å². The molecule has 0 amide bonds. The van der Waals surface area contributed by atoms with Crippen molar-refractivity contribution in [3.05, 3.63) is 76.2 Å². The van der Waals surface area contributed by atoms with E-state index in [0.717, 1.165) is 42.5 Å². The van der Waals surface area contributed by atoms with Gasteiger partial charge in [0.15, 0.2) is 5.82 Å². The minimum Gasteiger partial charge on any atom is -0.382 e. The third-order valence-electron chi connectivity index (χ3n) is 5.76. The summed E-state index contributed by atoms with van der Waals surface area (Å²) in [6, 6.07) is 15.6. The Morgan fingerprint density at radius 2 is 2.00 bits per heavy atom. The molecule has 0 bridgehead atoms. The highest BCUT2D eigenvalue weighted by atomic mass is 16.1. The quantitative estimate of drug-likeness (QED) is 0.291. The molecule has 3 heterocycles. The molecular formula is C25H30N8O. The van der Waals surface area contributed by atoms with Crippen LogP contribution >= 0.6 is 0 Å². The molecule has 1 saturated heterocycles. The van der Waals surface area contributed by atoms with Crippen molar-refractivity contribution in [2.75, 3.05) is 24.1 Å². The van der Waals surface area contributed by atoms with Crippen LogP contribution in [0.5, 0.6) is 0 Å². The summed E-state index contributed by atoms with van der Waals surface area (Å²) in [6.07, 6.45) is 3.72. The fourth-order valence-corrected chi connectivity index (χ4v) is 4.14. The van der Waals surface area contributed by atoms with E-state index in [1.54, 1.807) is 6.20 Å². The molecule has 0 spiro atoms. The first kappa shape index (κ1) is 23.2. The summed E-state index contributed by atoms with van der Waals surface area (Å²) in [5, 5.41) is 27.2. The van der Waals surface area contributed by atoms with Crippen LogP contribution in [0.3, 0.4) is 0 Å². The molecule has 6 N–H and O–H groups in total. The Kier molecular flexibility index (Phi) is 7.03. The molecule has 0 radical (unpaired) electrons. The first-order chi connectivity index (χ1) is 16.6. The van der Waals surface area contributed by atoms with Crippen LogP contribution in [0, 0.1) is 5.41 Å². The fourth-order valence-electron chi connectivity index (χ4n) is 4.14. The van der Waals surface area contributed by atoms with E-state index in [-0.39, 0.29) is 28.8 Å².